The third-order valence-electron chi connectivity index (χ3n) is 5.36. The van der Waals surface area contributed by atoms with Crippen LogP contribution in [0, 0.1) is 0 Å². The lowest BCUT2D eigenvalue weighted by molar-refractivity contribution is -0.898. The van der Waals surface area contributed by atoms with Gasteiger partial charge in [0.25, 0.3) is 5.91 Å². The van der Waals surface area contributed by atoms with Crippen molar-refractivity contribution in [3.05, 3.63) is 54.1 Å². The van der Waals surface area contributed by atoms with Crippen molar-refractivity contribution in [1.82, 2.24) is 0 Å². The number of nitrogens with zero attached hydrogens (tertiary/aromatic N) is 1. The van der Waals surface area contributed by atoms with E-state index in [1.807, 2.05) is 25.1 Å². The van der Waals surface area contributed by atoms with Gasteiger partial charge in [0.2, 0.25) is 0 Å². The minimum atomic E-state index is -0.205. The van der Waals surface area contributed by atoms with Gasteiger partial charge < -0.3 is 19.9 Å². The topological polar surface area (TPSA) is 63.1 Å². The highest BCUT2D eigenvalue weighted by Gasteiger charge is 2.21. The second-order valence-electron chi connectivity index (χ2n) is 7.25. The predicted octanol–water partition coefficient (Wildman–Crippen LogP) is 2.02. The summed E-state index contributed by atoms with van der Waals surface area (Å²) in [7, 11) is 0. The minimum absolute atomic E-state index is 0.0802. The molecule has 0 atom stereocenters. The molecule has 1 saturated heterocycles. The van der Waals surface area contributed by atoms with E-state index < -0.39 is 0 Å². The molecule has 0 radical (unpaired) electrons. The Morgan fingerprint density at radius 2 is 1.72 bits per heavy atom. The number of anilines is 2. The zero-order chi connectivity index (χ0) is 20.6. The predicted molar refractivity (Wildman–Crippen MR) is 115 cm³/mol. The summed E-state index contributed by atoms with van der Waals surface area (Å²) < 4.78 is 5.58. The fourth-order valence-corrected chi connectivity index (χ4v) is 3.55. The average Bonchev–Trinajstić information content (AvgIpc) is 2.78. The largest absolute Gasteiger partial charge is 0.484 e. The standard InChI is InChI=1S/C23H29N3O3/c1-3-22(27)18-9-11-19(12-10-18)29-17-23(28)24-20-7-5-6-8-21(20)26-15-13-25(4-2)14-16-26/h5-12H,3-4,13-17H2,1-2H3,(H,24,28)/p+1. The number of quaternary nitrogens is 1. The molecule has 0 aromatic heterocycles. The Morgan fingerprint density at radius 1 is 1.03 bits per heavy atom. The number of Topliss-reactive ketones (excluding diaryl/α,β-unsaturated/α-hetero) is 1. The van der Waals surface area contributed by atoms with E-state index in [-0.39, 0.29) is 18.3 Å². The summed E-state index contributed by atoms with van der Waals surface area (Å²) in [5.74, 6) is 0.455. The van der Waals surface area contributed by atoms with Crippen LogP contribution in [-0.4, -0.2) is 51.0 Å². The van der Waals surface area contributed by atoms with Gasteiger partial charge in [0.15, 0.2) is 12.4 Å². The SMILES string of the molecule is CCC(=O)c1ccc(OCC(=O)Nc2ccccc2N2CC[NH+](CC)CC2)cc1. The van der Waals surface area contributed by atoms with Gasteiger partial charge in [-0.1, -0.05) is 19.1 Å². The number of hydrogen-bond donors (Lipinski definition) is 2. The number of carbonyl (C=O) groups excluding carboxylic acids is 2. The highest BCUT2D eigenvalue weighted by molar-refractivity contribution is 5.96. The van der Waals surface area contributed by atoms with E-state index in [2.05, 4.69) is 23.2 Å². The number of hydrogen-bond acceptors (Lipinski definition) is 4. The zero-order valence-electron chi connectivity index (χ0n) is 17.2. The van der Waals surface area contributed by atoms with Crippen molar-refractivity contribution in [2.45, 2.75) is 20.3 Å². The van der Waals surface area contributed by atoms with Crippen molar-refractivity contribution >= 4 is 23.1 Å². The number of carbonyl (C=O) groups is 2. The van der Waals surface area contributed by atoms with Crippen molar-refractivity contribution in [2.24, 2.45) is 0 Å². The number of rotatable bonds is 8. The van der Waals surface area contributed by atoms with Crippen LogP contribution in [0.25, 0.3) is 0 Å². The van der Waals surface area contributed by atoms with Gasteiger partial charge in [-0.3, -0.25) is 9.59 Å². The molecule has 2 aromatic carbocycles. The molecular formula is C23H30N3O3+. The van der Waals surface area contributed by atoms with Crippen LogP contribution in [0.4, 0.5) is 11.4 Å². The molecule has 2 aromatic rings. The van der Waals surface area contributed by atoms with Crippen LogP contribution < -0.4 is 19.9 Å². The van der Waals surface area contributed by atoms with Gasteiger partial charge in [0.05, 0.1) is 44.1 Å². The third-order valence-corrected chi connectivity index (χ3v) is 5.36. The molecule has 0 unspecified atom stereocenters. The molecule has 1 fully saturated rings. The van der Waals surface area contributed by atoms with E-state index in [0.29, 0.717) is 17.7 Å². The number of likely N-dealkylation sites (N-methyl/N-ethyl adjacent to an activating group) is 1. The third kappa shape index (κ3) is 5.57. The first-order valence-electron chi connectivity index (χ1n) is 10.3. The molecule has 0 aliphatic carbocycles. The quantitative estimate of drug-likeness (QED) is 0.670. The molecule has 0 saturated carbocycles. The fraction of sp³-hybridized carbons (Fsp3) is 0.391. The molecule has 1 aliphatic heterocycles. The van der Waals surface area contributed by atoms with Gasteiger partial charge in [-0.2, -0.15) is 0 Å². The van der Waals surface area contributed by atoms with E-state index in [9.17, 15) is 9.59 Å². The molecule has 3 rings (SSSR count). The second-order valence-corrected chi connectivity index (χ2v) is 7.25. The van der Waals surface area contributed by atoms with Crippen molar-refractivity contribution in [3.8, 4) is 5.75 Å². The van der Waals surface area contributed by atoms with E-state index >= 15 is 0 Å². The molecule has 1 heterocycles. The summed E-state index contributed by atoms with van der Waals surface area (Å²) in [5, 5.41) is 2.98. The van der Waals surface area contributed by atoms with E-state index in [1.54, 1.807) is 29.2 Å². The monoisotopic (exact) mass is 396 g/mol. The molecule has 6 heteroatoms. The molecule has 0 spiro atoms. The van der Waals surface area contributed by atoms with Gasteiger partial charge in [-0.25, -0.2) is 0 Å². The Morgan fingerprint density at radius 3 is 2.38 bits per heavy atom. The number of ether oxygens (including phenoxy) is 1. The van der Waals surface area contributed by atoms with Gasteiger partial charge in [0.1, 0.15) is 5.75 Å². The van der Waals surface area contributed by atoms with Crippen LogP contribution in [-0.2, 0) is 4.79 Å². The van der Waals surface area contributed by atoms with Crippen LogP contribution in [0.3, 0.4) is 0 Å². The molecular weight excluding hydrogens is 366 g/mol. The summed E-state index contributed by atoms with van der Waals surface area (Å²) >= 11 is 0. The molecule has 1 amide bonds. The Bertz CT molecular complexity index is 828. The Labute approximate surface area is 172 Å². The maximum Gasteiger partial charge on any atom is 0.262 e. The molecule has 2 N–H and O–H groups in total. The molecule has 1 aliphatic rings. The number of piperazine rings is 1. The first kappa shape index (κ1) is 20.9. The van der Waals surface area contributed by atoms with E-state index in [1.165, 1.54) is 0 Å². The summed E-state index contributed by atoms with van der Waals surface area (Å²) in [6.07, 6.45) is 0.469. The van der Waals surface area contributed by atoms with Crippen molar-refractivity contribution in [3.63, 3.8) is 0 Å². The van der Waals surface area contributed by atoms with E-state index in [0.717, 1.165) is 44.1 Å². The lowest BCUT2D eigenvalue weighted by Gasteiger charge is -2.34. The highest BCUT2D eigenvalue weighted by atomic mass is 16.5. The Hall–Kier alpha value is -2.86. The van der Waals surface area contributed by atoms with Crippen molar-refractivity contribution in [2.75, 3.05) is 49.5 Å². The maximum absolute atomic E-state index is 12.4. The summed E-state index contributed by atoms with van der Waals surface area (Å²) in [6.45, 7) is 9.30. The summed E-state index contributed by atoms with van der Waals surface area (Å²) in [4.78, 5) is 28.1. The lowest BCUT2D eigenvalue weighted by Crippen LogP contribution is -3.14. The molecule has 0 bridgehead atoms. The van der Waals surface area contributed by atoms with Gasteiger partial charge in [-0.15, -0.1) is 0 Å². The van der Waals surface area contributed by atoms with Crippen LogP contribution >= 0.6 is 0 Å². The first-order valence-corrected chi connectivity index (χ1v) is 10.3. The van der Waals surface area contributed by atoms with Crippen LogP contribution in [0.15, 0.2) is 48.5 Å². The second kappa shape index (κ2) is 10.1. The van der Waals surface area contributed by atoms with Crippen molar-refractivity contribution in [1.29, 1.82) is 0 Å². The normalized spacial score (nSPS) is 14.5. The fourth-order valence-electron chi connectivity index (χ4n) is 3.55. The number of ketones is 1. The molecule has 154 valence electrons. The minimum Gasteiger partial charge on any atom is -0.484 e. The number of amides is 1. The van der Waals surface area contributed by atoms with Crippen LogP contribution in [0.1, 0.15) is 30.6 Å². The zero-order valence-corrected chi connectivity index (χ0v) is 17.2. The smallest absolute Gasteiger partial charge is 0.262 e. The Kier molecular flexibility index (Phi) is 7.25. The van der Waals surface area contributed by atoms with Gasteiger partial charge in [0, 0.05) is 12.0 Å². The summed E-state index contributed by atoms with van der Waals surface area (Å²) in [6, 6.07) is 14.8. The van der Waals surface area contributed by atoms with Crippen molar-refractivity contribution < 1.29 is 19.2 Å². The van der Waals surface area contributed by atoms with Crippen LogP contribution in [0.5, 0.6) is 5.75 Å². The first-order chi connectivity index (χ1) is 14.1. The summed E-state index contributed by atoms with van der Waals surface area (Å²) in [5.41, 5.74) is 2.52. The maximum atomic E-state index is 12.4. The lowest BCUT2D eigenvalue weighted by atomic mass is 10.1. The number of benzene rings is 2. The molecule has 29 heavy (non-hydrogen) atoms. The number of nitrogens with one attached hydrogen (secondary N) is 2. The number of para-hydroxylation sites is 2. The highest BCUT2D eigenvalue weighted by Crippen LogP contribution is 2.25. The molecule has 6 nitrogen and oxygen atoms in total. The van der Waals surface area contributed by atoms with Crippen LogP contribution in [0.2, 0.25) is 0 Å². The van der Waals surface area contributed by atoms with Gasteiger partial charge >= 0.3 is 0 Å². The van der Waals surface area contributed by atoms with E-state index in [4.69, 9.17) is 4.74 Å². The average molecular weight is 397 g/mol. The Balaban J connectivity index is 1.56. The van der Waals surface area contributed by atoms with Gasteiger partial charge in [-0.05, 0) is 43.3 Å².